The van der Waals surface area contributed by atoms with Gasteiger partial charge in [-0.05, 0) is 69.0 Å². The lowest BCUT2D eigenvalue weighted by Gasteiger charge is -2.14. The van der Waals surface area contributed by atoms with Gasteiger partial charge in [-0.2, -0.15) is 5.10 Å². The molecule has 0 aromatic heterocycles. The van der Waals surface area contributed by atoms with E-state index in [0.717, 1.165) is 26.5 Å². The maximum Gasteiger partial charge on any atom is 0.271 e. The molecule has 0 fully saturated rings. The van der Waals surface area contributed by atoms with Crippen molar-refractivity contribution in [3.05, 3.63) is 106 Å². The Balaban J connectivity index is 1.47. The SMILES string of the molecule is COc1cc(/C=N\NC(=O)c2ccc(C)cc2)cc(Br)c1OCc1cccc2ccccc12. The third-order valence-corrected chi connectivity index (χ3v) is 5.79. The fraction of sp³-hybridized carbons (Fsp3) is 0.111. The summed E-state index contributed by atoms with van der Waals surface area (Å²) in [6.07, 6.45) is 1.56. The second kappa shape index (κ2) is 10.3. The zero-order valence-electron chi connectivity index (χ0n) is 18.3. The number of rotatable bonds is 7. The fourth-order valence-electron chi connectivity index (χ4n) is 3.46. The van der Waals surface area contributed by atoms with Crippen molar-refractivity contribution in [3.8, 4) is 11.5 Å². The summed E-state index contributed by atoms with van der Waals surface area (Å²) in [4.78, 5) is 12.2. The number of hydrogen-bond donors (Lipinski definition) is 1. The minimum Gasteiger partial charge on any atom is -0.493 e. The molecule has 0 heterocycles. The number of amides is 1. The van der Waals surface area contributed by atoms with E-state index in [1.807, 2.05) is 49.4 Å². The van der Waals surface area contributed by atoms with Crippen molar-refractivity contribution in [3.63, 3.8) is 0 Å². The molecule has 0 bridgehead atoms. The van der Waals surface area contributed by atoms with Gasteiger partial charge in [-0.3, -0.25) is 4.79 Å². The number of hydrogen-bond acceptors (Lipinski definition) is 4. The number of carbonyl (C=O) groups is 1. The molecule has 0 unspecified atom stereocenters. The van der Waals surface area contributed by atoms with Crippen LogP contribution in [-0.2, 0) is 6.61 Å². The van der Waals surface area contributed by atoms with Crippen LogP contribution in [0.15, 0.2) is 88.4 Å². The van der Waals surface area contributed by atoms with Crippen molar-refractivity contribution in [2.45, 2.75) is 13.5 Å². The first-order valence-corrected chi connectivity index (χ1v) is 11.2. The predicted octanol–water partition coefficient (Wildman–Crippen LogP) is 6.26. The molecule has 6 heteroatoms. The molecule has 166 valence electrons. The van der Waals surface area contributed by atoms with Crippen molar-refractivity contribution in [2.24, 2.45) is 5.10 Å². The Bertz CT molecular complexity index is 1310. The van der Waals surface area contributed by atoms with Crippen molar-refractivity contribution in [2.75, 3.05) is 7.11 Å². The summed E-state index contributed by atoms with van der Waals surface area (Å²) in [5, 5.41) is 6.40. The summed E-state index contributed by atoms with van der Waals surface area (Å²) in [6.45, 7) is 2.37. The summed E-state index contributed by atoms with van der Waals surface area (Å²) in [5.74, 6) is 0.898. The Morgan fingerprint density at radius 1 is 1.03 bits per heavy atom. The van der Waals surface area contributed by atoms with Gasteiger partial charge in [-0.25, -0.2) is 5.43 Å². The molecule has 0 atom stereocenters. The Morgan fingerprint density at radius 2 is 1.79 bits per heavy atom. The number of hydrazone groups is 1. The number of aryl methyl sites for hydroxylation is 1. The summed E-state index contributed by atoms with van der Waals surface area (Å²) < 4.78 is 12.4. The number of ether oxygens (including phenoxy) is 2. The second-order valence-corrected chi connectivity index (χ2v) is 8.38. The molecule has 1 amide bonds. The smallest absolute Gasteiger partial charge is 0.271 e. The van der Waals surface area contributed by atoms with Crippen molar-refractivity contribution < 1.29 is 14.3 Å². The largest absolute Gasteiger partial charge is 0.493 e. The van der Waals surface area contributed by atoms with Gasteiger partial charge in [0, 0.05) is 5.56 Å². The third kappa shape index (κ3) is 5.41. The van der Waals surface area contributed by atoms with E-state index in [2.05, 4.69) is 50.7 Å². The van der Waals surface area contributed by atoms with Gasteiger partial charge >= 0.3 is 0 Å². The zero-order chi connectivity index (χ0) is 23.2. The average molecular weight is 503 g/mol. The van der Waals surface area contributed by atoms with Crippen LogP contribution < -0.4 is 14.9 Å². The van der Waals surface area contributed by atoms with E-state index in [1.54, 1.807) is 25.5 Å². The van der Waals surface area contributed by atoms with E-state index in [-0.39, 0.29) is 5.91 Å². The second-order valence-electron chi connectivity index (χ2n) is 7.53. The number of benzene rings is 4. The molecular weight excluding hydrogens is 480 g/mol. The predicted molar refractivity (Wildman–Crippen MR) is 135 cm³/mol. The zero-order valence-corrected chi connectivity index (χ0v) is 19.9. The molecular formula is C27H23BrN2O3. The quantitative estimate of drug-likeness (QED) is 0.239. The van der Waals surface area contributed by atoms with Gasteiger partial charge in [-0.15, -0.1) is 0 Å². The van der Waals surface area contributed by atoms with Crippen LogP contribution in [-0.4, -0.2) is 19.2 Å². The molecule has 0 saturated heterocycles. The fourth-order valence-corrected chi connectivity index (χ4v) is 4.03. The van der Waals surface area contributed by atoms with Crippen molar-refractivity contribution in [1.82, 2.24) is 5.43 Å². The highest BCUT2D eigenvalue weighted by molar-refractivity contribution is 9.10. The Kier molecular flexibility index (Phi) is 7.05. The number of carbonyl (C=O) groups excluding carboxylic acids is 1. The van der Waals surface area contributed by atoms with Crippen LogP contribution in [0.2, 0.25) is 0 Å². The van der Waals surface area contributed by atoms with Crippen LogP contribution in [0.5, 0.6) is 11.5 Å². The molecule has 4 aromatic rings. The summed E-state index contributed by atoms with van der Waals surface area (Å²) in [6, 6.07) is 25.4. The van der Waals surface area contributed by atoms with Gasteiger partial charge in [0.1, 0.15) is 6.61 Å². The standard InChI is InChI=1S/C27H23BrN2O3/c1-18-10-12-21(13-11-18)27(31)30-29-16-19-14-24(28)26(25(15-19)32-2)33-17-22-8-5-7-20-6-3-4-9-23(20)22/h3-16H,17H2,1-2H3,(H,30,31)/b29-16-. The van der Waals surface area contributed by atoms with Crippen molar-refractivity contribution >= 4 is 38.8 Å². The highest BCUT2D eigenvalue weighted by Gasteiger charge is 2.12. The first-order valence-electron chi connectivity index (χ1n) is 10.4. The Morgan fingerprint density at radius 3 is 2.58 bits per heavy atom. The molecule has 4 aromatic carbocycles. The maximum atomic E-state index is 12.2. The first-order chi connectivity index (χ1) is 16.0. The van der Waals surface area contributed by atoms with Gasteiger partial charge in [0.15, 0.2) is 11.5 Å². The Labute approximate surface area is 201 Å². The minimum atomic E-state index is -0.271. The molecule has 33 heavy (non-hydrogen) atoms. The van der Waals surface area contributed by atoms with E-state index < -0.39 is 0 Å². The highest BCUT2D eigenvalue weighted by Crippen LogP contribution is 2.37. The molecule has 0 spiro atoms. The summed E-state index contributed by atoms with van der Waals surface area (Å²) in [5.41, 5.74) is 6.03. The van der Waals surface area contributed by atoms with E-state index in [9.17, 15) is 4.79 Å². The molecule has 0 aliphatic rings. The van der Waals surface area contributed by atoms with Crippen LogP contribution in [0.1, 0.15) is 27.0 Å². The van der Waals surface area contributed by atoms with Crippen LogP contribution >= 0.6 is 15.9 Å². The third-order valence-electron chi connectivity index (χ3n) is 5.20. The van der Waals surface area contributed by atoms with Gasteiger partial charge in [0.05, 0.1) is 17.8 Å². The molecule has 0 saturated carbocycles. The van der Waals surface area contributed by atoms with Crippen molar-refractivity contribution in [1.29, 1.82) is 0 Å². The monoisotopic (exact) mass is 502 g/mol. The van der Waals surface area contributed by atoms with Gasteiger partial charge in [-0.1, -0.05) is 60.2 Å². The van der Waals surface area contributed by atoms with Crippen LogP contribution in [0, 0.1) is 6.92 Å². The number of fused-ring (bicyclic) bond motifs is 1. The van der Waals surface area contributed by atoms with Crippen LogP contribution in [0.3, 0.4) is 0 Å². The van der Waals surface area contributed by atoms with E-state index in [1.165, 1.54) is 5.39 Å². The summed E-state index contributed by atoms with van der Waals surface area (Å²) >= 11 is 3.57. The topological polar surface area (TPSA) is 59.9 Å². The number of nitrogens with zero attached hydrogens (tertiary/aromatic N) is 1. The van der Waals surface area contributed by atoms with Crippen LogP contribution in [0.4, 0.5) is 0 Å². The van der Waals surface area contributed by atoms with Gasteiger partial charge in [0.25, 0.3) is 5.91 Å². The van der Waals surface area contributed by atoms with E-state index in [0.29, 0.717) is 23.7 Å². The maximum absolute atomic E-state index is 12.2. The molecule has 0 radical (unpaired) electrons. The highest BCUT2D eigenvalue weighted by atomic mass is 79.9. The van der Waals surface area contributed by atoms with Gasteiger partial charge < -0.3 is 9.47 Å². The minimum absolute atomic E-state index is 0.271. The average Bonchev–Trinajstić information content (AvgIpc) is 2.83. The Hall–Kier alpha value is -3.64. The number of methoxy groups -OCH3 is 1. The number of halogens is 1. The molecule has 5 nitrogen and oxygen atoms in total. The molecule has 0 aliphatic heterocycles. The lowest BCUT2D eigenvalue weighted by molar-refractivity contribution is 0.0955. The lowest BCUT2D eigenvalue weighted by atomic mass is 10.1. The summed E-state index contributed by atoms with van der Waals surface area (Å²) in [7, 11) is 1.59. The van der Waals surface area contributed by atoms with E-state index in [4.69, 9.17) is 9.47 Å². The van der Waals surface area contributed by atoms with Gasteiger partial charge in [0.2, 0.25) is 0 Å². The van der Waals surface area contributed by atoms with Crippen LogP contribution in [0.25, 0.3) is 10.8 Å². The lowest BCUT2D eigenvalue weighted by Crippen LogP contribution is -2.17. The number of nitrogens with one attached hydrogen (secondary N) is 1. The van der Waals surface area contributed by atoms with E-state index >= 15 is 0 Å². The molecule has 0 aliphatic carbocycles. The molecule has 4 rings (SSSR count). The normalized spacial score (nSPS) is 11.0. The molecule has 1 N–H and O–H groups in total. The first kappa shape index (κ1) is 22.6.